The van der Waals surface area contributed by atoms with Gasteiger partial charge in [0.05, 0.1) is 58.5 Å². The normalized spacial score (nSPS) is 19.4. The van der Waals surface area contributed by atoms with Gasteiger partial charge in [-0.25, -0.2) is 0 Å². The van der Waals surface area contributed by atoms with Crippen LogP contribution in [-0.4, -0.2) is 132 Å². The third kappa shape index (κ3) is 21.2. The molecule has 1 unspecified atom stereocenters. The number of rotatable bonds is 35. The van der Waals surface area contributed by atoms with Crippen LogP contribution >= 0.6 is 6.49 Å². The van der Waals surface area contributed by atoms with Gasteiger partial charge in [0, 0.05) is 68.0 Å². The van der Waals surface area contributed by atoms with Gasteiger partial charge < -0.3 is 53.8 Å². The molecule has 0 aromatic rings. The summed E-state index contributed by atoms with van der Waals surface area (Å²) >= 11 is 5.50. The van der Waals surface area contributed by atoms with Gasteiger partial charge in [-0.1, -0.05) is 50.3 Å². The molecule has 3 aliphatic rings. The maximum atomic E-state index is 14.7. The molecule has 62 heavy (non-hydrogen) atoms. The van der Waals surface area contributed by atoms with E-state index >= 15 is 0 Å². The molecule has 3 saturated carbocycles. The zero-order valence-corrected chi connectivity index (χ0v) is 39.0. The standard InChI is InChI=1S/C45H72N3O12PS/c1-7-26-54-32-35-57-29-10-11-38(49)12-15-44(16-13-39(50)46-24-30-58-36-33-55-27-8-2,17-14-40(51)47-25-31-59-37-34-56-28-9-3)48-41(52)43-18-21-45(22-19-43,23-20-43)60-61(53,62)42(4,5)6/h1-3H,10-37H2,4-6H3,(H,46,50)(H,47,51)(H,48,52)(H,53,62)/p-1. The van der Waals surface area contributed by atoms with E-state index in [0.29, 0.717) is 91.2 Å². The number of nitrogens with one attached hydrogen (secondary N) is 3. The molecular formula is C45H71N3O12PS-. The average molecular weight is 909 g/mol. The van der Waals surface area contributed by atoms with E-state index in [1.165, 1.54) is 0 Å². The zero-order chi connectivity index (χ0) is 45.8. The molecule has 0 aromatic heterocycles. The molecule has 0 heterocycles. The van der Waals surface area contributed by atoms with Crippen LogP contribution < -0.4 is 20.8 Å². The Morgan fingerprint density at radius 2 is 1.05 bits per heavy atom. The lowest BCUT2D eigenvalue weighted by Gasteiger charge is -2.56. The molecule has 3 aliphatic carbocycles. The van der Waals surface area contributed by atoms with Crippen LogP contribution in [0, 0.1) is 42.4 Å². The Kier molecular flexibility index (Phi) is 26.3. The number of Topliss-reactive ketones (excluding diaryl/α,β-unsaturated/α-hetero) is 1. The molecule has 3 N–H and O–H groups in total. The minimum Gasteiger partial charge on any atom is -0.800 e. The second-order valence-corrected chi connectivity index (χ2v) is 20.9. The third-order valence-electron chi connectivity index (χ3n) is 11.3. The number of ether oxygens (including phenoxy) is 6. The summed E-state index contributed by atoms with van der Waals surface area (Å²) in [6.07, 6.45) is 20.2. The van der Waals surface area contributed by atoms with E-state index in [1.54, 1.807) is 0 Å². The Bertz CT molecular complexity index is 1430. The van der Waals surface area contributed by atoms with Gasteiger partial charge in [-0.2, -0.15) is 0 Å². The molecule has 3 amide bonds. The summed E-state index contributed by atoms with van der Waals surface area (Å²) in [7, 11) is 0. The predicted molar refractivity (Wildman–Crippen MR) is 238 cm³/mol. The molecule has 1 atom stereocenters. The van der Waals surface area contributed by atoms with E-state index in [-0.39, 0.29) is 115 Å². The van der Waals surface area contributed by atoms with Crippen molar-refractivity contribution in [2.45, 2.75) is 127 Å². The topological polar surface area (TPSA) is 192 Å². The Morgan fingerprint density at radius 1 is 0.629 bits per heavy atom. The first-order valence-electron chi connectivity index (χ1n) is 21.7. The Balaban J connectivity index is 2.22. The maximum absolute atomic E-state index is 14.7. The van der Waals surface area contributed by atoms with Crippen LogP contribution in [0.4, 0.5) is 0 Å². The second-order valence-electron chi connectivity index (χ2n) is 16.9. The van der Waals surface area contributed by atoms with E-state index in [2.05, 4.69) is 33.7 Å². The Labute approximate surface area is 375 Å². The van der Waals surface area contributed by atoms with E-state index in [1.807, 2.05) is 20.8 Å². The van der Waals surface area contributed by atoms with Crippen molar-refractivity contribution in [2.24, 2.45) is 5.41 Å². The van der Waals surface area contributed by atoms with Crippen molar-refractivity contribution >= 4 is 41.8 Å². The van der Waals surface area contributed by atoms with Crippen LogP contribution in [0.1, 0.15) is 111 Å². The lowest BCUT2D eigenvalue weighted by molar-refractivity contribution is -0.207. The molecular weight excluding hydrogens is 838 g/mol. The summed E-state index contributed by atoms with van der Waals surface area (Å²) in [6.45, 7) is 6.06. The number of carbonyl (C=O) groups excluding carboxylic acids is 4. The van der Waals surface area contributed by atoms with Crippen LogP contribution in [0.3, 0.4) is 0 Å². The van der Waals surface area contributed by atoms with Crippen LogP contribution in [-0.2, 0) is 63.9 Å². The number of ketones is 1. The molecule has 0 radical (unpaired) electrons. The van der Waals surface area contributed by atoms with Gasteiger partial charge in [0.2, 0.25) is 17.7 Å². The van der Waals surface area contributed by atoms with Crippen molar-refractivity contribution in [3.63, 3.8) is 0 Å². The summed E-state index contributed by atoms with van der Waals surface area (Å²) in [4.78, 5) is 68.0. The largest absolute Gasteiger partial charge is 0.800 e. The number of amides is 3. The van der Waals surface area contributed by atoms with E-state index < -0.39 is 28.2 Å². The van der Waals surface area contributed by atoms with Crippen molar-refractivity contribution in [2.75, 3.05) is 92.4 Å². The number of carbonyl (C=O) groups is 4. The highest BCUT2D eigenvalue weighted by Crippen LogP contribution is 2.62. The highest BCUT2D eigenvalue weighted by atomic mass is 32.5. The summed E-state index contributed by atoms with van der Waals surface area (Å²) in [5.41, 5.74) is -2.47. The zero-order valence-electron chi connectivity index (χ0n) is 37.3. The fraction of sp³-hybridized carbons (Fsp3) is 0.778. The van der Waals surface area contributed by atoms with Gasteiger partial charge in [-0.15, -0.1) is 19.3 Å². The van der Waals surface area contributed by atoms with Crippen molar-refractivity contribution in [3.8, 4) is 37.0 Å². The first kappa shape index (κ1) is 55.2. The number of terminal acetylenes is 3. The lowest BCUT2D eigenvalue weighted by Crippen LogP contribution is -2.59. The van der Waals surface area contributed by atoms with Gasteiger partial charge >= 0.3 is 0 Å². The molecule has 3 fully saturated rings. The fourth-order valence-electron chi connectivity index (χ4n) is 7.29. The minimum atomic E-state index is -3.38. The van der Waals surface area contributed by atoms with Crippen molar-refractivity contribution < 1.29 is 57.0 Å². The van der Waals surface area contributed by atoms with Crippen molar-refractivity contribution in [1.82, 2.24) is 16.0 Å². The SMILES string of the molecule is C#CCOCCOCCCC(=O)CCC(CCC(=O)NCCOCCOCC#C)(CCC(=O)NCCOCCOCC#C)NC(=O)C12CCC(OP([O-])(=S)C(C)(C)C)(CC1)CC2. The predicted octanol–water partition coefficient (Wildman–Crippen LogP) is 3.34. The molecule has 2 bridgehead atoms. The first-order valence-corrected chi connectivity index (χ1v) is 24.4. The van der Waals surface area contributed by atoms with Crippen LogP contribution in [0.15, 0.2) is 0 Å². The molecule has 0 aromatic carbocycles. The maximum Gasteiger partial charge on any atom is 0.226 e. The Morgan fingerprint density at radius 3 is 1.48 bits per heavy atom. The van der Waals surface area contributed by atoms with Crippen LogP contribution in [0.2, 0.25) is 0 Å². The van der Waals surface area contributed by atoms with Crippen molar-refractivity contribution in [1.29, 1.82) is 0 Å². The highest BCUT2D eigenvalue weighted by molar-refractivity contribution is 8.09. The summed E-state index contributed by atoms with van der Waals surface area (Å²) in [5, 5.41) is 8.38. The molecule has 0 spiro atoms. The number of hydrogen-bond donors (Lipinski definition) is 3. The van der Waals surface area contributed by atoms with Crippen LogP contribution in [0.5, 0.6) is 0 Å². The van der Waals surface area contributed by atoms with Gasteiger partial charge in [0.1, 0.15) is 25.6 Å². The number of fused-ring (bicyclic) bond motifs is 3. The molecule has 0 saturated heterocycles. The molecule has 350 valence electrons. The molecule has 17 heteroatoms. The van der Waals surface area contributed by atoms with E-state index in [9.17, 15) is 24.1 Å². The first-order chi connectivity index (χ1) is 29.6. The third-order valence-corrected chi connectivity index (χ3v) is 15.4. The van der Waals surface area contributed by atoms with Gasteiger partial charge in [-0.05, 0) is 64.2 Å². The average Bonchev–Trinajstić information content (AvgIpc) is 3.24. The molecule has 0 aliphatic heterocycles. The summed E-state index contributed by atoms with van der Waals surface area (Å²) < 4.78 is 38.5. The summed E-state index contributed by atoms with van der Waals surface area (Å²) in [6, 6.07) is 0. The molecule has 15 nitrogen and oxygen atoms in total. The Hall–Kier alpha value is -2.91. The smallest absolute Gasteiger partial charge is 0.226 e. The lowest BCUT2D eigenvalue weighted by atomic mass is 9.58. The monoisotopic (exact) mass is 908 g/mol. The van der Waals surface area contributed by atoms with Crippen molar-refractivity contribution in [3.05, 3.63) is 0 Å². The van der Waals surface area contributed by atoms with E-state index in [0.717, 1.165) is 0 Å². The van der Waals surface area contributed by atoms with Gasteiger partial charge in [0.15, 0.2) is 0 Å². The number of hydrogen-bond acceptors (Lipinski definition) is 13. The second kappa shape index (κ2) is 29.5. The van der Waals surface area contributed by atoms with E-state index in [4.69, 9.17) is 64.0 Å². The highest BCUT2D eigenvalue weighted by Gasteiger charge is 2.55. The molecule has 3 rings (SSSR count). The van der Waals surface area contributed by atoms with Gasteiger partial charge in [0.25, 0.3) is 0 Å². The fourth-order valence-corrected chi connectivity index (χ4v) is 8.82. The summed E-state index contributed by atoms with van der Waals surface area (Å²) in [5.74, 6) is 6.43. The quantitative estimate of drug-likeness (QED) is 0.0477. The van der Waals surface area contributed by atoms with Gasteiger partial charge in [-0.3, -0.25) is 19.2 Å². The van der Waals surface area contributed by atoms with Crippen LogP contribution in [0.25, 0.3) is 0 Å². The minimum absolute atomic E-state index is 0.0252.